The molecule has 0 spiro atoms. The van der Waals surface area contributed by atoms with Crippen molar-refractivity contribution >= 4 is 0 Å². The van der Waals surface area contributed by atoms with Gasteiger partial charge in [0, 0.05) is 11.6 Å². The quantitative estimate of drug-likeness (QED) is 0.801. The van der Waals surface area contributed by atoms with E-state index in [0.29, 0.717) is 6.54 Å². The summed E-state index contributed by atoms with van der Waals surface area (Å²) in [5.41, 5.74) is 2.49. The Balaban J connectivity index is 1.95. The lowest BCUT2D eigenvalue weighted by atomic mass is 10.1. The summed E-state index contributed by atoms with van der Waals surface area (Å²) in [6.45, 7) is 0.375. The molecule has 1 heterocycles. The molecule has 0 atom stereocenters. The van der Waals surface area contributed by atoms with E-state index in [1.807, 2.05) is 30.3 Å². The highest BCUT2D eigenvalue weighted by Gasteiger charge is 2.04. The maximum absolute atomic E-state index is 11.9. The second-order valence-electron chi connectivity index (χ2n) is 4.75. The summed E-state index contributed by atoms with van der Waals surface area (Å²) in [5.74, 6) is 0.206. The lowest BCUT2D eigenvalue weighted by molar-refractivity contribution is 0.475. The molecule has 0 aliphatic carbocycles. The fraction of sp³-hybridized carbons (Fsp3) is 0.0588. The van der Waals surface area contributed by atoms with Crippen LogP contribution in [0.2, 0.25) is 0 Å². The fourth-order valence-electron chi connectivity index (χ4n) is 2.10. The van der Waals surface area contributed by atoms with Crippen LogP contribution in [0.5, 0.6) is 5.75 Å². The van der Waals surface area contributed by atoms with Gasteiger partial charge in [-0.2, -0.15) is 5.10 Å². The number of aromatic nitrogens is 2. The van der Waals surface area contributed by atoms with Crippen molar-refractivity contribution in [2.24, 2.45) is 0 Å². The third-order valence-corrected chi connectivity index (χ3v) is 3.20. The van der Waals surface area contributed by atoms with Crippen LogP contribution in [0.3, 0.4) is 0 Å². The maximum Gasteiger partial charge on any atom is 0.267 e. The standard InChI is InChI=1S/C17H14N2O2/c20-15-8-6-13(7-9-15)12-19-17(21)11-10-16(18-19)14-4-2-1-3-5-14/h1-11,20H,12H2. The minimum atomic E-state index is -0.150. The first kappa shape index (κ1) is 13.1. The minimum absolute atomic E-state index is 0.150. The molecular weight excluding hydrogens is 264 g/mol. The van der Waals surface area contributed by atoms with E-state index in [1.165, 1.54) is 10.7 Å². The molecule has 0 amide bonds. The van der Waals surface area contributed by atoms with Crippen LogP contribution in [0, 0.1) is 0 Å². The predicted octanol–water partition coefficient (Wildman–Crippen LogP) is 2.66. The molecule has 0 radical (unpaired) electrons. The first-order valence-corrected chi connectivity index (χ1v) is 6.64. The van der Waals surface area contributed by atoms with E-state index in [1.54, 1.807) is 30.3 Å². The monoisotopic (exact) mass is 278 g/mol. The number of nitrogens with zero attached hydrogens (tertiary/aromatic N) is 2. The number of hydrogen-bond donors (Lipinski definition) is 1. The SMILES string of the molecule is O=c1ccc(-c2ccccc2)nn1Cc1ccc(O)cc1. The minimum Gasteiger partial charge on any atom is -0.508 e. The Morgan fingerprint density at radius 1 is 0.905 bits per heavy atom. The van der Waals surface area contributed by atoms with Crippen LogP contribution >= 0.6 is 0 Å². The summed E-state index contributed by atoms with van der Waals surface area (Å²) >= 11 is 0. The maximum atomic E-state index is 11.9. The molecule has 21 heavy (non-hydrogen) atoms. The van der Waals surface area contributed by atoms with Crippen LogP contribution in [-0.2, 0) is 6.54 Å². The average molecular weight is 278 g/mol. The Labute approximate surface area is 121 Å². The molecule has 2 aromatic carbocycles. The first-order chi connectivity index (χ1) is 10.2. The van der Waals surface area contributed by atoms with E-state index in [0.717, 1.165) is 16.8 Å². The summed E-state index contributed by atoms with van der Waals surface area (Å²) in [5, 5.41) is 13.7. The zero-order valence-corrected chi connectivity index (χ0v) is 11.3. The highest BCUT2D eigenvalue weighted by Crippen LogP contribution is 2.15. The molecule has 3 rings (SSSR count). The molecule has 0 bridgehead atoms. The van der Waals surface area contributed by atoms with Gasteiger partial charge in [0.05, 0.1) is 12.2 Å². The second kappa shape index (κ2) is 5.63. The van der Waals surface area contributed by atoms with Crippen molar-refractivity contribution in [2.75, 3.05) is 0 Å². The lowest BCUT2D eigenvalue weighted by Crippen LogP contribution is -2.22. The van der Waals surface area contributed by atoms with E-state index in [-0.39, 0.29) is 11.3 Å². The van der Waals surface area contributed by atoms with E-state index in [2.05, 4.69) is 5.10 Å². The highest BCUT2D eigenvalue weighted by atomic mass is 16.3. The van der Waals surface area contributed by atoms with Crippen LogP contribution in [0.4, 0.5) is 0 Å². The van der Waals surface area contributed by atoms with Gasteiger partial charge in [-0.05, 0) is 23.8 Å². The average Bonchev–Trinajstić information content (AvgIpc) is 2.52. The Morgan fingerprint density at radius 2 is 1.62 bits per heavy atom. The van der Waals surface area contributed by atoms with Gasteiger partial charge in [0.2, 0.25) is 0 Å². The summed E-state index contributed by atoms with van der Waals surface area (Å²) in [7, 11) is 0. The number of rotatable bonds is 3. The van der Waals surface area contributed by atoms with E-state index in [4.69, 9.17) is 0 Å². The van der Waals surface area contributed by atoms with E-state index >= 15 is 0 Å². The number of phenols is 1. The molecule has 1 aromatic heterocycles. The Morgan fingerprint density at radius 3 is 2.33 bits per heavy atom. The molecule has 1 N–H and O–H groups in total. The molecule has 0 aliphatic heterocycles. The smallest absolute Gasteiger partial charge is 0.267 e. The molecule has 0 aliphatic rings. The van der Waals surface area contributed by atoms with Crippen molar-refractivity contribution in [1.29, 1.82) is 0 Å². The van der Waals surface area contributed by atoms with Crippen LogP contribution in [0.25, 0.3) is 11.3 Å². The molecule has 4 nitrogen and oxygen atoms in total. The van der Waals surface area contributed by atoms with Crippen LogP contribution in [0.1, 0.15) is 5.56 Å². The third-order valence-electron chi connectivity index (χ3n) is 3.20. The molecule has 0 unspecified atom stereocenters. The van der Waals surface area contributed by atoms with Gasteiger partial charge in [-0.1, -0.05) is 42.5 Å². The number of aromatic hydroxyl groups is 1. The van der Waals surface area contributed by atoms with Crippen molar-refractivity contribution in [2.45, 2.75) is 6.54 Å². The third kappa shape index (κ3) is 3.00. The van der Waals surface area contributed by atoms with E-state index < -0.39 is 0 Å². The van der Waals surface area contributed by atoms with E-state index in [9.17, 15) is 9.90 Å². The number of benzene rings is 2. The summed E-state index contributed by atoms with van der Waals surface area (Å²) in [4.78, 5) is 11.9. The summed E-state index contributed by atoms with van der Waals surface area (Å²) in [6, 6.07) is 19.7. The van der Waals surface area contributed by atoms with Crippen LogP contribution in [-0.4, -0.2) is 14.9 Å². The summed E-state index contributed by atoms with van der Waals surface area (Å²) < 4.78 is 1.43. The summed E-state index contributed by atoms with van der Waals surface area (Å²) in [6.07, 6.45) is 0. The Bertz CT molecular complexity index is 793. The van der Waals surface area contributed by atoms with Crippen molar-refractivity contribution in [3.8, 4) is 17.0 Å². The first-order valence-electron chi connectivity index (χ1n) is 6.64. The molecule has 0 saturated carbocycles. The highest BCUT2D eigenvalue weighted by molar-refractivity contribution is 5.57. The molecule has 0 fully saturated rings. The van der Waals surface area contributed by atoms with Crippen LogP contribution < -0.4 is 5.56 Å². The zero-order valence-electron chi connectivity index (χ0n) is 11.3. The van der Waals surface area contributed by atoms with Crippen molar-refractivity contribution in [1.82, 2.24) is 9.78 Å². The Kier molecular flexibility index (Phi) is 3.51. The molecule has 3 aromatic rings. The van der Waals surface area contributed by atoms with Gasteiger partial charge in [-0.3, -0.25) is 4.79 Å². The van der Waals surface area contributed by atoms with Gasteiger partial charge >= 0.3 is 0 Å². The van der Waals surface area contributed by atoms with Crippen molar-refractivity contribution in [3.05, 3.63) is 82.6 Å². The van der Waals surface area contributed by atoms with Gasteiger partial charge in [-0.25, -0.2) is 4.68 Å². The largest absolute Gasteiger partial charge is 0.508 e. The number of hydrogen-bond acceptors (Lipinski definition) is 3. The van der Waals surface area contributed by atoms with Crippen molar-refractivity contribution < 1.29 is 5.11 Å². The van der Waals surface area contributed by atoms with Gasteiger partial charge in [0.25, 0.3) is 5.56 Å². The molecule has 0 saturated heterocycles. The molecular formula is C17H14N2O2. The normalized spacial score (nSPS) is 10.5. The van der Waals surface area contributed by atoms with Gasteiger partial charge in [-0.15, -0.1) is 0 Å². The fourth-order valence-corrected chi connectivity index (χ4v) is 2.10. The van der Waals surface area contributed by atoms with Gasteiger partial charge in [0.1, 0.15) is 5.75 Å². The zero-order chi connectivity index (χ0) is 14.7. The van der Waals surface area contributed by atoms with Gasteiger partial charge in [0.15, 0.2) is 0 Å². The molecule has 4 heteroatoms. The van der Waals surface area contributed by atoms with Crippen molar-refractivity contribution in [3.63, 3.8) is 0 Å². The Hall–Kier alpha value is -2.88. The predicted molar refractivity (Wildman–Crippen MR) is 81.1 cm³/mol. The lowest BCUT2D eigenvalue weighted by Gasteiger charge is -2.07. The van der Waals surface area contributed by atoms with Crippen LogP contribution in [0.15, 0.2) is 71.5 Å². The molecule has 104 valence electrons. The second-order valence-corrected chi connectivity index (χ2v) is 4.75. The van der Waals surface area contributed by atoms with Gasteiger partial charge < -0.3 is 5.11 Å². The number of phenolic OH excluding ortho intramolecular Hbond substituents is 1. The topological polar surface area (TPSA) is 55.1 Å².